The first-order chi connectivity index (χ1) is 14.2. The van der Waals surface area contributed by atoms with Crippen LogP contribution >= 0.6 is 0 Å². The molecule has 1 unspecified atom stereocenters. The Morgan fingerprint density at radius 2 is 0.559 bits per heavy atom. The van der Waals surface area contributed by atoms with Crippen LogP contribution < -0.4 is 0 Å². The van der Waals surface area contributed by atoms with Gasteiger partial charge in [-0.05, 0) is 0 Å². The Morgan fingerprint density at radius 3 is 0.735 bits per heavy atom. The van der Waals surface area contributed by atoms with Crippen molar-refractivity contribution in [2.75, 3.05) is 0 Å². The third-order valence-corrected chi connectivity index (χ3v) is 3.84. The highest BCUT2D eigenvalue weighted by Gasteiger charge is 2.98. The van der Waals surface area contributed by atoms with E-state index in [0.29, 0.717) is 0 Å². The SMILES string of the molecule is O=C(O)C(F)(C(F)(F)F)C(F)(F)C(F)(F)C(F)(F)C(F)(F)C(F)(F)C(F)(F)C(F)(F)C(F)(F)F. The van der Waals surface area contributed by atoms with Crippen molar-refractivity contribution < 1.29 is 102 Å². The zero-order valence-electron chi connectivity index (χ0n) is 14.3. The Kier molecular flexibility index (Phi) is 7.06. The van der Waals surface area contributed by atoms with Crippen molar-refractivity contribution in [3.05, 3.63) is 0 Å². The van der Waals surface area contributed by atoms with Gasteiger partial charge in [-0.2, -0.15) is 87.8 Å². The van der Waals surface area contributed by atoms with Gasteiger partial charge in [-0.3, -0.25) is 0 Å². The van der Waals surface area contributed by atoms with E-state index in [1.807, 2.05) is 0 Å². The van der Waals surface area contributed by atoms with Gasteiger partial charge >= 0.3 is 65.4 Å². The predicted molar refractivity (Wildman–Crippen MR) is 58.2 cm³/mol. The first-order valence-electron chi connectivity index (χ1n) is 6.90. The molecule has 1 atom stereocenters. The first-order valence-corrected chi connectivity index (χ1v) is 6.90. The molecule has 0 spiro atoms. The lowest BCUT2D eigenvalue weighted by Gasteiger charge is -2.44. The van der Waals surface area contributed by atoms with Crippen molar-refractivity contribution in [1.29, 1.82) is 0 Å². The van der Waals surface area contributed by atoms with Crippen LogP contribution in [0.25, 0.3) is 0 Å². The summed E-state index contributed by atoms with van der Waals surface area (Å²) in [5, 5.41) is 7.79. The summed E-state index contributed by atoms with van der Waals surface area (Å²) in [6.45, 7) is 0. The molecule has 23 heteroatoms. The van der Waals surface area contributed by atoms with Gasteiger partial charge in [-0.1, -0.05) is 0 Å². The van der Waals surface area contributed by atoms with Crippen LogP contribution in [-0.4, -0.2) is 70.6 Å². The van der Waals surface area contributed by atoms with Crippen LogP contribution in [-0.2, 0) is 4.79 Å². The van der Waals surface area contributed by atoms with Crippen LogP contribution in [0.3, 0.4) is 0 Å². The smallest absolute Gasteiger partial charge is 0.460 e. The van der Waals surface area contributed by atoms with Gasteiger partial charge in [0.1, 0.15) is 0 Å². The highest BCUT2D eigenvalue weighted by atomic mass is 19.4. The molecule has 34 heavy (non-hydrogen) atoms. The maximum Gasteiger partial charge on any atom is 0.460 e. The van der Waals surface area contributed by atoms with E-state index in [9.17, 15) is 97.0 Å². The summed E-state index contributed by atoms with van der Waals surface area (Å²) in [5.74, 6) is -68.1. The van der Waals surface area contributed by atoms with Crippen molar-refractivity contribution in [2.45, 2.75) is 59.5 Å². The second-order valence-electron chi connectivity index (χ2n) is 5.98. The summed E-state index contributed by atoms with van der Waals surface area (Å²) in [6, 6.07) is 0. The molecule has 0 saturated heterocycles. The van der Waals surface area contributed by atoms with Crippen LogP contribution in [0.2, 0.25) is 0 Å². The molecule has 2 nitrogen and oxygen atoms in total. The maximum atomic E-state index is 13.4. The fourth-order valence-corrected chi connectivity index (χ4v) is 1.81. The molecular weight excluding hydrogens is 563 g/mol. The minimum atomic E-state index is -9.28. The number of hydrogen-bond acceptors (Lipinski definition) is 1. The summed E-state index contributed by atoms with van der Waals surface area (Å²) in [6.07, 6.45) is -16.0. The van der Waals surface area contributed by atoms with Crippen molar-refractivity contribution in [3.8, 4) is 0 Å². The van der Waals surface area contributed by atoms with Gasteiger partial charge in [-0.15, -0.1) is 0 Å². The Labute approximate surface area is 169 Å². The van der Waals surface area contributed by atoms with Gasteiger partial charge in [-0.25, -0.2) is 9.18 Å². The molecule has 1 N–H and O–H groups in total. The van der Waals surface area contributed by atoms with Crippen LogP contribution in [0.4, 0.5) is 92.2 Å². The van der Waals surface area contributed by atoms with Crippen molar-refractivity contribution in [3.63, 3.8) is 0 Å². The Hall–Kier alpha value is -2.00. The van der Waals surface area contributed by atoms with Crippen LogP contribution in [0, 0.1) is 0 Å². The molecule has 0 radical (unpaired) electrons. The number of hydrogen-bond donors (Lipinski definition) is 1. The average molecular weight is 564 g/mol. The van der Waals surface area contributed by atoms with Crippen LogP contribution in [0.5, 0.6) is 0 Å². The zero-order valence-corrected chi connectivity index (χ0v) is 14.3. The zero-order chi connectivity index (χ0) is 28.6. The monoisotopic (exact) mass is 564 g/mol. The van der Waals surface area contributed by atoms with Crippen molar-refractivity contribution in [1.82, 2.24) is 0 Å². The molecule has 0 amide bonds. The third-order valence-electron chi connectivity index (χ3n) is 3.84. The largest absolute Gasteiger partial charge is 0.478 e. The second kappa shape index (κ2) is 7.50. The quantitative estimate of drug-likeness (QED) is 0.349. The number of carboxylic acid groups (broad SMARTS) is 1. The van der Waals surface area contributed by atoms with E-state index in [1.165, 1.54) is 0 Å². The summed E-state index contributed by atoms with van der Waals surface area (Å²) in [4.78, 5) is 10.1. The lowest BCUT2D eigenvalue weighted by atomic mass is 9.83. The second-order valence-corrected chi connectivity index (χ2v) is 5.98. The minimum absolute atomic E-state index is 4.91. The number of rotatable bonds is 8. The molecular formula is C11HF21O2. The molecule has 0 rings (SSSR count). The topological polar surface area (TPSA) is 37.3 Å². The molecule has 0 aliphatic rings. The van der Waals surface area contributed by atoms with Gasteiger partial charge < -0.3 is 5.11 Å². The van der Waals surface area contributed by atoms with E-state index in [2.05, 4.69) is 0 Å². The number of alkyl halides is 21. The lowest BCUT2D eigenvalue weighted by Crippen LogP contribution is -2.78. The Balaban J connectivity index is 7.23. The normalized spacial score (nSPS) is 18.0. The highest BCUT2D eigenvalue weighted by Crippen LogP contribution is 2.66. The standard InChI is InChI=1S/C11HF21O2/c12-2(1(33)34,10(27,28)29)3(13,14)4(15,16)5(17,18)6(19,20)7(21,22)8(23,24)9(25,26)11(30,31)32/h(H,33,34). The van der Waals surface area contributed by atoms with Gasteiger partial charge in [0.25, 0.3) is 0 Å². The third kappa shape index (κ3) is 3.49. The van der Waals surface area contributed by atoms with Crippen LogP contribution in [0.1, 0.15) is 0 Å². The summed E-state index contributed by atoms with van der Waals surface area (Å²) in [7, 11) is 0. The molecule has 0 aliphatic carbocycles. The number of carboxylic acids is 1. The van der Waals surface area contributed by atoms with Crippen molar-refractivity contribution >= 4 is 5.97 Å². The fourth-order valence-electron chi connectivity index (χ4n) is 1.81. The number of halogens is 21. The van der Waals surface area contributed by atoms with E-state index in [4.69, 9.17) is 5.11 Å². The molecule has 0 aromatic heterocycles. The molecule has 0 heterocycles. The minimum Gasteiger partial charge on any atom is -0.478 e. The molecule has 0 aromatic rings. The average Bonchev–Trinajstić information content (AvgIpc) is 2.57. The molecule has 0 bridgehead atoms. The van der Waals surface area contributed by atoms with Gasteiger partial charge in [0.15, 0.2) is 0 Å². The molecule has 0 saturated carbocycles. The van der Waals surface area contributed by atoms with E-state index < -0.39 is 65.4 Å². The predicted octanol–water partition coefficient (Wildman–Crippen LogP) is 6.35. The van der Waals surface area contributed by atoms with Gasteiger partial charge in [0.05, 0.1) is 0 Å². The molecule has 204 valence electrons. The highest BCUT2D eigenvalue weighted by molar-refractivity contribution is 5.80. The Morgan fingerprint density at radius 1 is 0.353 bits per heavy atom. The summed E-state index contributed by atoms with van der Waals surface area (Å²) >= 11 is 0. The van der Waals surface area contributed by atoms with Gasteiger partial charge in [0, 0.05) is 0 Å². The van der Waals surface area contributed by atoms with E-state index in [0.717, 1.165) is 0 Å². The van der Waals surface area contributed by atoms with E-state index in [1.54, 1.807) is 0 Å². The molecule has 0 fully saturated rings. The number of carbonyl (C=O) groups is 1. The molecule has 0 aliphatic heterocycles. The number of aliphatic carboxylic acids is 1. The molecule has 0 aromatic carbocycles. The maximum absolute atomic E-state index is 13.4. The van der Waals surface area contributed by atoms with E-state index >= 15 is 0 Å². The Bertz CT molecular complexity index is 788. The van der Waals surface area contributed by atoms with E-state index in [-0.39, 0.29) is 0 Å². The summed E-state index contributed by atoms with van der Waals surface area (Å²) < 4.78 is 269. The fraction of sp³-hybridized carbons (Fsp3) is 0.909. The lowest BCUT2D eigenvalue weighted by molar-refractivity contribution is -0.469. The van der Waals surface area contributed by atoms with Gasteiger partial charge in [0.2, 0.25) is 0 Å². The summed E-state index contributed by atoms with van der Waals surface area (Å²) in [5.41, 5.74) is -8.07. The van der Waals surface area contributed by atoms with Crippen LogP contribution in [0.15, 0.2) is 0 Å². The van der Waals surface area contributed by atoms with Crippen molar-refractivity contribution in [2.24, 2.45) is 0 Å². The first kappa shape index (κ1) is 32.0.